The van der Waals surface area contributed by atoms with Gasteiger partial charge in [-0.3, -0.25) is 14.9 Å². The van der Waals surface area contributed by atoms with Gasteiger partial charge < -0.3 is 19.9 Å². The highest BCUT2D eigenvalue weighted by atomic mass is 16.6. The number of nitro groups is 1. The van der Waals surface area contributed by atoms with Gasteiger partial charge >= 0.3 is 0 Å². The summed E-state index contributed by atoms with van der Waals surface area (Å²) in [5, 5.41) is 22.5. The summed E-state index contributed by atoms with van der Waals surface area (Å²) in [5.41, 5.74) is -0.627. The van der Waals surface area contributed by atoms with Crippen molar-refractivity contribution in [1.82, 2.24) is 0 Å². The maximum Gasteiger partial charge on any atom is 0.296 e. The average Bonchev–Trinajstić information content (AvgIpc) is 2.37. The summed E-state index contributed by atoms with van der Waals surface area (Å²) < 4.78 is 9.69. The number of nitrogens with zero attached hydrogens (tertiary/aromatic N) is 1. The molecule has 0 saturated heterocycles. The first-order valence-electron chi connectivity index (χ1n) is 5.39. The van der Waals surface area contributed by atoms with Crippen LogP contribution in [0.5, 0.6) is 5.75 Å². The fourth-order valence-electron chi connectivity index (χ4n) is 1.29. The second-order valence-electron chi connectivity index (χ2n) is 3.52. The molecule has 0 spiro atoms. The van der Waals surface area contributed by atoms with E-state index in [4.69, 9.17) is 9.47 Å². The molecule has 1 amide bonds. The lowest BCUT2D eigenvalue weighted by atomic mass is 10.2. The van der Waals surface area contributed by atoms with Gasteiger partial charge in [-0.1, -0.05) is 6.07 Å². The maximum absolute atomic E-state index is 11.5. The van der Waals surface area contributed by atoms with Gasteiger partial charge in [0, 0.05) is 13.2 Å². The Kier molecular flexibility index (Phi) is 5.71. The van der Waals surface area contributed by atoms with Crippen molar-refractivity contribution in [3.05, 3.63) is 28.3 Å². The molecule has 0 unspecified atom stereocenters. The molecule has 1 rings (SSSR count). The Morgan fingerprint density at radius 3 is 2.84 bits per heavy atom. The van der Waals surface area contributed by atoms with Crippen molar-refractivity contribution in [3.63, 3.8) is 0 Å². The van der Waals surface area contributed by atoms with Crippen molar-refractivity contribution >= 4 is 17.3 Å². The van der Waals surface area contributed by atoms with Gasteiger partial charge in [0.1, 0.15) is 12.4 Å². The normalized spacial score (nSPS) is 10.2. The molecule has 19 heavy (non-hydrogen) atoms. The summed E-state index contributed by atoms with van der Waals surface area (Å²) in [6, 6.07) is 3.74. The van der Waals surface area contributed by atoms with Gasteiger partial charge in [-0.25, -0.2) is 0 Å². The molecule has 0 saturated carbocycles. The van der Waals surface area contributed by atoms with Crippen molar-refractivity contribution in [1.29, 1.82) is 0 Å². The molecule has 2 N–H and O–H groups in total. The van der Waals surface area contributed by atoms with Crippen LogP contribution >= 0.6 is 0 Å². The Balaban J connectivity index is 2.66. The van der Waals surface area contributed by atoms with E-state index >= 15 is 0 Å². The Bertz CT molecular complexity index is 462. The van der Waals surface area contributed by atoms with Crippen LogP contribution in [0.4, 0.5) is 11.4 Å². The van der Waals surface area contributed by atoms with Gasteiger partial charge in [-0.2, -0.15) is 0 Å². The number of aromatic hydroxyl groups is 1. The van der Waals surface area contributed by atoms with Crippen molar-refractivity contribution in [2.75, 3.05) is 32.2 Å². The van der Waals surface area contributed by atoms with Crippen LogP contribution in [-0.2, 0) is 14.3 Å². The quantitative estimate of drug-likeness (QED) is 0.329. The summed E-state index contributed by atoms with van der Waals surface area (Å²) in [5.74, 6) is -0.972. The van der Waals surface area contributed by atoms with E-state index in [9.17, 15) is 20.0 Å². The zero-order valence-electron chi connectivity index (χ0n) is 10.3. The van der Waals surface area contributed by atoms with Crippen molar-refractivity contribution in [3.8, 4) is 5.75 Å². The smallest absolute Gasteiger partial charge is 0.296 e. The summed E-state index contributed by atoms with van der Waals surface area (Å²) in [6.07, 6.45) is 0. The van der Waals surface area contributed by atoms with Crippen LogP contribution in [0.15, 0.2) is 18.2 Å². The van der Waals surface area contributed by atoms with Gasteiger partial charge in [0.2, 0.25) is 0 Å². The first kappa shape index (κ1) is 14.9. The maximum atomic E-state index is 11.5. The minimum Gasteiger partial charge on any atom is -0.505 e. The first-order valence-corrected chi connectivity index (χ1v) is 5.39. The van der Waals surface area contributed by atoms with Gasteiger partial charge in [-0.15, -0.1) is 0 Å². The second-order valence-corrected chi connectivity index (χ2v) is 3.52. The van der Waals surface area contributed by atoms with Crippen LogP contribution in [0.2, 0.25) is 0 Å². The molecule has 0 aliphatic heterocycles. The van der Waals surface area contributed by atoms with Gasteiger partial charge in [0.05, 0.1) is 18.1 Å². The number of phenols is 1. The Morgan fingerprint density at radius 1 is 1.47 bits per heavy atom. The zero-order chi connectivity index (χ0) is 14.3. The lowest BCUT2D eigenvalue weighted by Crippen LogP contribution is -2.20. The van der Waals surface area contributed by atoms with E-state index < -0.39 is 10.8 Å². The number of ether oxygens (including phenoxy) is 2. The highest BCUT2D eigenvalue weighted by Crippen LogP contribution is 2.32. The molecular formula is C11H14N2O6. The number of anilines is 1. The number of phenolic OH excluding ortho intramolecular Hbond substituents is 1. The molecule has 1 aromatic carbocycles. The number of nitrogens with one attached hydrogen (secondary N) is 1. The predicted molar refractivity (Wildman–Crippen MR) is 66.1 cm³/mol. The molecule has 0 bridgehead atoms. The molecule has 0 aromatic heterocycles. The van der Waals surface area contributed by atoms with E-state index in [1.807, 2.05) is 0 Å². The van der Waals surface area contributed by atoms with Crippen LogP contribution < -0.4 is 5.32 Å². The third-order valence-corrected chi connectivity index (χ3v) is 2.15. The third-order valence-electron chi connectivity index (χ3n) is 2.15. The number of nitro benzene ring substituents is 1. The summed E-state index contributed by atoms with van der Waals surface area (Å²) in [6.45, 7) is 0.283. The minimum absolute atomic E-state index is 0.229. The SMILES string of the molecule is COCCOCC(=O)Nc1c(O)cccc1[N+](=O)[O-]. The summed E-state index contributed by atoms with van der Waals surface area (Å²) in [4.78, 5) is 21.5. The predicted octanol–water partition coefficient (Wildman–Crippen LogP) is 0.902. The van der Waals surface area contributed by atoms with Crippen LogP contribution in [0.1, 0.15) is 0 Å². The minimum atomic E-state index is -0.693. The average molecular weight is 270 g/mol. The van der Waals surface area contributed by atoms with Crippen LogP contribution in [0.3, 0.4) is 0 Å². The van der Waals surface area contributed by atoms with E-state index in [1.54, 1.807) is 0 Å². The molecule has 1 aromatic rings. The number of methoxy groups -OCH3 is 1. The highest BCUT2D eigenvalue weighted by Gasteiger charge is 2.19. The Morgan fingerprint density at radius 2 is 2.21 bits per heavy atom. The van der Waals surface area contributed by atoms with E-state index in [0.29, 0.717) is 6.61 Å². The van der Waals surface area contributed by atoms with Gasteiger partial charge in [-0.05, 0) is 6.07 Å². The van der Waals surface area contributed by atoms with E-state index in [0.717, 1.165) is 0 Å². The first-order chi connectivity index (χ1) is 9.06. The molecule has 104 valence electrons. The van der Waals surface area contributed by atoms with E-state index in [1.165, 1.54) is 25.3 Å². The molecule has 0 heterocycles. The summed E-state index contributed by atoms with van der Waals surface area (Å²) >= 11 is 0. The van der Waals surface area contributed by atoms with Gasteiger partial charge in [0.25, 0.3) is 11.6 Å². The number of carbonyl (C=O) groups is 1. The topological polar surface area (TPSA) is 111 Å². The molecule has 0 aliphatic rings. The molecule has 0 atom stereocenters. The van der Waals surface area contributed by atoms with E-state index in [2.05, 4.69) is 5.32 Å². The number of rotatable bonds is 7. The van der Waals surface area contributed by atoms with Crippen LogP contribution in [0, 0.1) is 10.1 Å². The third kappa shape index (κ3) is 4.53. The fourth-order valence-corrected chi connectivity index (χ4v) is 1.29. The fraction of sp³-hybridized carbons (Fsp3) is 0.364. The van der Waals surface area contributed by atoms with Crippen LogP contribution in [-0.4, -0.2) is 42.9 Å². The number of hydrogen-bond acceptors (Lipinski definition) is 6. The van der Waals surface area contributed by atoms with Crippen molar-refractivity contribution in [2.45, 2.75) is 0 Å². The molecule has 0 aliphatic carbocycles. The number of benzene rings is 1. The summed E-state index contributed by atoms with van der Waals surface area (Å²) in [7, 11) is 1.49. The van der Waals surface area contributed by atoms with E-state index in [-0.39, 0.29) is 30.3 Å². The zero-order valence-corrected chi connectivity index (χ0v) is 10.3. The number of hydrogen-bond donors (Lipinski definition) is 2. The largest absolute Gasteiger partial charge is 0.505 e. The monoisotopic (exact) mass is 270 g/mol. The number of amides is 1. The number of carbonyl (C=O) groups excluding carboxylic acids is 1. The van der Waals surface area contributed by atoms with Gasteiger partial charge in [0.15, 0.2) is 5.69 Å². The molecular weight excluding hydrogens is 256 g/mol. The Labute approximate surface area is 109 Å². The standard InChI is InChI=1S/C11H14N2O6/c1-18-5-6-19-7-10(15)12-11-8(13(16)17)3-2-4-9(11)14/h2-4,14H,5-7H2,1H3,(H,12,15). The Hall–Kier alpha value is -2.19. The lowest BCUT2D eigenvalue weighted by molar-refractivity contribution is -0.384. The second kappa shape index (κ2) is 7.29. The molecule has 8 nitrogen and oxygen atoms in total. The van der Waals surface area contributed by atoms with Crippen LogP contribution in [0.25, 0.3) is 0 Å². The lowest BCUT2D eigenvalue weighted by Gasteiger charge is -2.08. The molecule has 0 radical (unpaired) electrons. The van der Waals surface area contributed by atoms with Crippen molar-refractivity contribution < 1.29 is 24.3 Å². The highest BCUT2D eigenvalue weighted by molar-refractivity contribution is 5.95. The molecule has 8 heteroatoms. The van der Waals surface area contributed by atoms with Crippen molar-refractivity contribution in [2.24, 2.45) is 0 Å². The molecule has 0 fully saturated rings. The number of para-hydroxylation sites is 1.